The molecule has 3 aromatic rings. The van der Waals surface area contributed by atoms with Crippen LogP contribution in [-0.2, 0) is 17.8 Å². The Bertz CT molecular complexity index is 849. The lowest BCUT2D eigenvalue weighted by Gasteiger charge is -2.06. The number of hydrogen-bond donors (Lipinski definition) is 1. The molecule has 0 saturated heterocycles. The van der Waals surface area contributed by atoms with Crippen molar-refractivity contribution in [1.29, 1.82) is 0 Å². The van der Waals surface area contributed by atoms with Crippen LogP contribution in [0.4, 0.5) is 5.69 Å². The average Bonchev–Trinajstić information content (AvgIpc) is 3.00. The molecule has 0 aliphatic carbocycles. The Kier molecular flexibility index (Phi) is 5.51. The van der Waals surface area contributed by atoms with Crippen molar-refractivity contribution in [3.05, 3.63) is 65.4 Å². The molecule has 1 amide bonds. The van der Waals surface area contributed by atoms with Crippen LogP contribution in [0, 0.1) is 0 Å². The van der Waals surface area contributed by atoms with Gasteiger partial charge >= 0.3 is 0 Å². The molecule has 1 heterocycles. The lowest BCUT2D eigenvalue weighted by atomic mass is 10.1. The van der Waals surface area contributed by atoms with Gasteiger partial charge in [0.05, 0.1) is 6.61 Å². The number of anilines is 1. The van der Waals surface area contributed by atoms with Gasteiger partial charge in [0.25, 0.3) is 5.91 Å². The summed E-state index contributed by atoms with van der Waals surface area (Å²) in [7, 11) is 1.61. The van der Waals surface area contributed by atoms with E-state index in [1.54, 1.807) is 7.11 Å². The number of nitrogens with one attached hydrogen (secondary N) is 1. The Morgan fingerprint density at radius 3 is 2.60 bits per heavy atom. The van der Waals surface area contributed by atoms with Gasteiger partial charge in [0, 0.05) is 23.7 Å². The van der Waals surface area contributed by atoms with Gasteiger partial charge < -0.3 is 14.5 Å². The molecule has 2 aromatic carbocycles. The lowest BCUT2D eigenvalue weighted by molar-refractivity contribution is 0.0992. The average molecular weight is 337 g/mol. The summed E-state index contributed by atoms with van der Waals surface area (Å²) in [5, 5.41) is 3.82. The van der Waals surface area contributed by atoms with Gasteiger partial charge in [0.1, 0.15) is 5.58 Å². The van der Waals surface area contributed by atoms with Gasteiger partial charge in [0.2, 0.25) is 0 Å². The molecule has 0 aliphatic heterocycles. The number of furan rings is 1. The highest BCUT2D eigenvalue weighted by molar-refractivity contribution is 6.06. The molecule has 4 nitrogen and oxygen atoms in total. The number of benzene rings is 2. The van der Waals surface area contributed by atoms with Crippen LogP contribution in [0.3, 0.4) is 0 Å². The van der Waals surface area contributed by atoms with Crippen LogP contribution < -0.4 is 5.32 Å². The number of amides is 1. The van der Waals surface area contributed by atoms with Crippen molar-refractivity contribution in [3.8, 4) is 0 Å². The number of carbonyl (C=O) groups is 1. The van der Waals surface area contributed by atoms with Gasteiger partial charge in [-0.1, -0.05) is 43.7 Å². The van der Waals surface area contributed by atoms with Crippen LogP contribution in [0.5, 0.6) is 0 Å². The molecule has 0 aliphatic rings. The third-order valence-electron chi connectivity index (χ3n) is 4.22. The quantitative estimate of drug-likeness (QED) is 0.647. The standard InChI is InChI=1S/C21H23NO3/c1-3-4-7-15-10-12-16(13-11-15)22-21(23)20-18(14-24-2)17-8-5-6-9-19(17)25-20/h5-6,8-13H,3-4,7,14H2,1-2H3,(H,22,23). The molecule has 0 radical (unpaired) electrons. The van der Waals surface area contributed by atoms with E-state index < -0.39 is 0 Å². The van der Waals surface area contributed by atoms with E-state index in [2.05, 4.69) is 24.4 Å². The molecule has 1 aromatic heterocycles. The number of fused-ring (bicyclic) bond motifs is 1. The minimum Gasteiger partial charge on any atom is -0.451 e. The highest BCUT2D eigenvalue weighted by Crippen LogP contribution is 2.27. The van der Waals surface area contributed by atoms with Crippen molar-refractivity contribution in [2.45, 2.75) is 32.8 Å². The van der Waals surface area contributed by atoms with E-state index in [9.17, 15) is 4.79 Å². The summed E-state index contributed by atoms with van der Waals surface area (Å²) in [5.41, 5.74) is 3.50. The minimum atomic E-state index is -0.260. The number of ether oxygens (including phenoxy) is 1. The van der Waals surface area contributed by atoms with Gasteiger partial charge in [-0.05, 0) is 36.6 Å². The predicted molar refractivity (Wildman–Crippen MR) is 99.9 cm³/mol. The third kappa shape index (κ3) is 3.91. The van der Waals surface area contributed by atoms with Gasteiger partial charge in [-0.2, -0.15) is 0 Å². The summed E-state index contributed by atoms with van der Waals surface area (Å²) < 4.78 is 11.0. The molecule has 0 atom stereocenters. The van der Waals surface area contributed by atoms with Gasteiger partial charge in [0.15, 0.2) is 5.76 Å². The fourth-order valence-corrected chi connectivity index (χ4v) is 2.89. The van der Waals surface area contributed by atoms with Crippen LogP contribution in [0.1, 0.15) is 41.4 Å². The van der Waals surface area contributed by atoms with Crippen molar-refractivity contribution in [2.24, 2.45) is 0 Å². The van der Waals surface area contributed by atoms with E-state index in [0.717, 1.165) is 23.1 Å². The Hall–Kier alpha value is -2.59. The minimum absolute atomic E-state index is 0.260. The second kappa shape index (κ2) is 7.99. The zero-order valence-electron chi connectivity index (χ0n) is 14.7. The second-order valence-electron chi connectivity index (χ2n) is 6.09. The molecule has 0 spiro atoms. The maximum absolute atomic E-state index is 12.7. The molecule has 1 N–H and O–H groups in total. The molecular weight excluding hydrogens is 314 g/mol. The van der Waals surface area contributed by atoms with Crippen LogP contribution in [0.15, 0.2) is 52.9 Å². The first-order valence-corrected chi connectivity index (χ1v) is 8.62. The smallest absolute Gasteiger partial charge is 0.291 e. The molecule has 0 saturated carbocycles. The monoisotopic (exact) mass is 337 g/mol. The molecule has 0 fully saturated rings. The fourth-order valence-electron chi connectivity index (χ4n) is 2.89. The Labute approximate surface area is 147 Å². The van der Waals surface area contributed by atoms with Crippen molar-refractivity contribution in [3.63, 3.8) is 0 Å². The molecule has 0 bridgehead atoms. The first-order chi connectivity index (χ1) is 12.2. The molecule has 0 unspecified atom stereocenters. The number of unbranched alkanes of at least 4 members (excludes halogenated alkanes) is 1. The third-order valence-corrected chi connectivity index (χ3v) is 4.22. The molecule has 130 valence electrons. The number of methoxy groups -OCH3 is 1. The normalized spacial score (nSPS) is 11.0. The molecule has 25 heavy (non-hydrogen) atoms. The Morgan fingerprint density at radius 1 is 1.12 bits per heavy atom. The summed E-state index contributed by atoms with van der Waals surface area (Å²) in [6.07, 6.45) is 3.41. The topological polar surface area (TPSA) is 51.5 Å². The van der Waals surface area contributed by atoms with Gasteiger partial charge in [-0.25, -0.2) is 0 Å². The Morgan fingerprint density at radius 2 is 1.88 bits per heavy atom. The fraction of sp³-hybridized carbons (Fsp3) is 0.286. The predicted octanol–water partition coefficient (Wildman–Crippen LogP) is 5.17. The van der Waals surface area contributed by atoms with Crippen molar-refractivity contribution in [2.75, 3.05) is 12.4 Å². The maximum atomic E-state index is 12.7. The van der Waals surface area contributed by atoms with Crippen LogP contribution >= 0.6 is 0 Å². The number of hydrogen-bond acceptors (Lipinski definition) is 3. The maximum Gasteiger partial charge on any atom is 0.291 e. The summed E-state index contributed by atoms with van der Waals surface area (Å²) >= 11 is 0. The zero-order valence-corrected chi connectivity index (χ0v) is 14.7. The second-order valence-corrected chi connectivity index (χ2v) is 6.09. The zero-order chi connectivity index (χ0) is 17.6. The van der Waals surface area contributed by atoms with E-state index in [-0.39, 0.29) is 5.91 Å². The van der Waals surface area contributed by atoms with Crippen molar-refractivity contribution in [1.82, 2.24) is 0 Å². The molecule has 3 rings (SSSR count). The summed E-state index contributed by atoms with van der Waals surface area (Å²) in [5.74, 6) is 0.0441. The van der Waals surface area contributed by atoms with Crippen LogP contribution in [0.2, 0.25) is 0 Å². The van der Waals surface area contributed by atoms with Crippen molar-refractivity contribution >= 4 is 22.6 Å². The highest BCUT2D eigenvalue weighted by Gasteiger charge is 2.20. The molecule has 4 heteroatoms. The summed E-state index contributed by atoms with van der Waals surface area (Å²) in [6, 6.07) is 15.6. The van der Waals surface area contributed by atoms with E-state index in [0.29, 0.717) is 18.0 Å². The van der Waals surface area contributed by atoms with E-state index >= 15 is 0 Å². The highest BCUT2D eigenvalue weighted by atomic mass is 16.5. The van der Waals surface area contributed by atoms with Crippen LogP contribution in [0.25, 0.3) is 11.0 Å². The number of aryl methyl sites for hydroxylation is 1. The van der Waals surface area contributed by atoms with E-state index in [1.807, 2.05) is 36.4 Å². The van der Waals surface area contributed by atoms with E-state index in [4.69, 9.17) is 9.15 Å². The van der Waals surface area contributed by atoms with E-state index in [1.165, 1.54) is 18.4 Å². The lowest BCUT2D eigenvalue weighted by Crippen LogP contribution is -2.13. The van der Waals surface area contributed by atoms with Crippen LogP contribution in [-0.4, -0.2) is 13.0 Å². The SMILES string of the molecule is CCCCc1ccc(NC(=O)c2oc3ccccc3c2COC)cc1. The largest absolute Gasteiger partial charge is 0.451 e. The summed E-state index contributed by atoms with van der Waals surface area (Å²) in [6.45, 7) is 2.51. The molecular formula is C21H23NO3. The van der Waals surface area contributed by atoms with Gasteiger partial charge in [-0.3, -0.25) is 4.79 Å². The number of rotatable bonds is 7. The first kappa shape index (κ1) is 17.2. The Balaban J connectivity index is 1.81. The van der Waals surface area contributed by atoms with Gasteiger partial charge in [-0.15, -0.1) is 0 Å². The first-order valence-electron chi connectivity index (χ1n) is 8.62. The number of para-hydroxylation sites is 1. The number of carbonyl (C=O) groups excluding carboxylic acids is 1. The summed E-state index contributed by atoms with van der Waals surface area (Å²) in [4.78, 5) is 12.7. The van der Waals surface area contributed by atoms with Crippen molar-refractivity contribution < 1.29 is 13.9 Å².